The monoisotopic (exact) mass is 315 g/mol. The number of nitrogens with zero attached hydrogens (tertiary/aromatic N) is 1. The van der Waals surface area contributed by atoms with Crippen LogP contribution in [0.3, 0.4) is 0 Å². The van der Waals surface area contributed by atoms with Crippen molar-refractivity contribution in [3.05, 3.63) is 35.9 Å². The number of urea groups is 1. The fourth-order valence-electron chi connectivity index (χ4n) is 3.56. The molecule has 4 heteroatoms. The van der Waals surface area contributed by atoms with Crippen LogP contribution in [0.5, 0.6) is 0 Å². The average molecular weight is 315 g/mol. The minimum atomic E-state index is -0.0183. The molecule has 126 valence electrons. The molecule has 0 aromatic heterocycles. The van der Waals surface area contributed by atoms with Crippen molar-refractivity contribution < 1.29 is 4.79 Å². The number of carbonyl (C=O) groups excluding carboxylic acids is 1. The fourth-order valence-corrected chi connectivity index (χ4v) is 3.56. The van der Waals surface area contributed by atoms with Gasteiger partial charge < -0.3 is 15.5 Å². The summed E-state index contributed by atoms with van der Waals surface area (Å²) in [6.07, 6.45) is 3.53. The van der Waals surface area contributed by atoms with Gasteiger partial charge in [0.2, 0.25) is 0 Å². The van der Waals surface area contributed by atoms with Crippen LogP contribution in [0.4, 0.5) is 4.79 Å². The van der Waals surface area contributed by atoms with E-state index in [0.29, 0.717) is 12.0 Å². The minimum Gasteiger partial charge on any atom is -0.338 e. The molecule has 0 bridgehead atoms. The van der Waals surface area contributed by atoms with Crippen LogP contribution < -0.4 is 10.6 Å². The van der Waals surface area contributed by atoms with Crippen molar-refractivity contribution in [3.8, 4) is 0 Å². The van der Waals surface area contributed by atoms with Gasteiger partial charge in [-0.05, 0) is 51.1 Å². The first-order valence-electron chi connectivity index (χ1n) is 8.90. The Bertz CT molecular complexity index is 525. The first kappa shape index (κ1) is 16.3. The van der Waals surface area contributed by atoms with E-state index < -0.39 is 0 Å². The summed E-state index contributed by atoms with van der Waals surface area (Å²) < 4.78 is 0. The Balaban J connectivity index is 1.39. The van der Waals surface area contributed by atoms with Crippen molar-refractivity contribution in [2.75, 3.05) is 26.2 Å². The minimum absolute atomic E-state index is 0.0183. The van der Waals surface area contributed by atoms with Crippen LogP contribution in [-0.4, -0.2) is 43.2 Å². The largest absolute Gasteiger partial charge is 0.338 e. The molecule has 3 rings (SSSR count). The summed E-state index contributed by atoms with van der Waals surface area (Å²) in [6.45, 7) is 8.26. The van der Waals surface area contributed by atoms with Crippen molar-refractivity contribution in [3.63, 3.8) is 0 Å². The van der Waals surface area contributed by atoms with Crippen molar-refractivity contribution in [1.29, 1.82) is 0 Å². The molecule has 2 N–H and O–H groups in total. The maximum atomic E-state index is 12.1. The van der Waals surface area contributed by atoms with Gasteiger partial charge in [-0.15, -0.1) is 0 Å². The first-order valence-corrected chi connectivity index (χ1v) is 8.90. The summed E-state index contributed by atoms with van der Waals surface area (Å²) in [5.74, 6) is 0.590. The second kappa shape index (κ2) is 6.91. The van der Waals surface area contributed by atoms with E-state index >= 15 is 0 Å². The third kappa shape index (κ3) is 4.05. The van der Waals surface area contributed by atoms with E-state index in [0.717, 1.165) is 26.2 Å². The number of nitrogens with one attached hydrogen (secondary N) is 2. The molecule has 1 saturated heterocycles. The third-order valence-corrected chi connectivity index (χ3v) is 5.43. The summed E-state index contributed by atoms with van der Waals surface area (Å²) >= 11 is 0. The average Bonchev–Trinajstić information content (AvgIpc) is 3.20. The molecule has 0 radical (unpaired) electrons. The molecule has 1 atom stereocenters. The second-order valence-corrected chi connectivity index (χ2v) is 7.45. The molecular formula is C19H29N3O. The van der Waals surface area contributed by atoms with Gasteiger partial charge in [-0.25, -0.2) is 4.79 Å². The number of hydrogen-bond acceptors (Lipinski definition) is 2. The van der Waals surface area contributed by atoms with Gasteiger partial charge in [0.25, 0.3) is 0 Å². The van der Waals surface area contributed by atoms with Gasteiger partial charge in [0, 0.05) is 31.1 Å². The molecule has 1 saturated carbocycles. The lowest BCUT2D eigenvalue weighted by atomic mass is 9.96. The van der Waals surface area contributed by atoms with Crippen LogP contribution in [-0.2, 0) is 5.41 Å². The molecule has 4 nitrogen and oxygen atoms in total. The second-order valence-electron chi connectivity index (χ2n) is 7.45. The van der Waals surface area contributed by atoms with Crippen molar-refractivity contribution in [1.82, 2.24) is 15.5 Å². The van der Waals surface area contributed by atoms with Gasteiger partial charge in [-0.3, -0.25) is 0 Å². The highest BCUT2D eigenvalue weighted by molar-refractivity contribution is 5.74. The van der Waals surface area contributed by atoms with E-state index in [4.69, 9.17) is 0 Å². The first-order chi connectivity index (χ1) is 11.1. The molecule has 1 aromatic carbocycles. The standard InChI is InChI=1S/C19H29N3O/c1-15(2)22-11-8-16(13-22)12-20-18(23)21-14-19(9-10-19)17-6-4-3-5-7-17/h3-7,15-16H,8-14H2,1-2H3,(H2,20,21,23)/t16-/m1/s1. The zero-order chi connectivity index (χ0) is 16.3. The van der Waals surface area contributed by atoms with E-state index in [-0.39, 0.29) is 11.4 Å². The van der Waals surface area contributed by atoms with Crippen LogP contribution >= 0.6 is 0 Å². The van der Waals surface area contributed by atoms with Gasteiger partial charge in [0.05, 0.1) is 0 Å². The molecule has 2 amide bonds. The van der Waals surface area contributed by atoms with E-state index in [2.05, 4.69) is 53.6 Å². The molecule has 0 spiro atoms. The molecular weight excluding hydrogens is 286 g/mol. The number of hydrogen-bond donors (Lipinski definition) is 2. The molecule has 1 heterocycles. The zero-order valence-electron chi connectivity index (χ0n) is 14.3. The normalized spacial score (nSPS) is 23.0. The number of benzene rings is 1. The van der Waals surface area contributed by atoms with Crippen LogP contribution in [0.25, 0.3) is 0 Å². The van der Waals surface area contributed by atoms with Crippen molar-refractivity contribution in [2.45, 2.75) is 44.6 Å². The lowest BCUT2D eigenvalue weighted by Gasteiger charge is -2.20. The van der Waals surface area contributed by atoms with Gasteiger partial charge in [-0.1, -0.05) is 30.3 Å². The zero-order valence-corrected chi connectivity index (χ0v) is 14.3. The van der Waals surface area contributed by atoms with Gasteiger partial charge in [0.15, 0.2) is 0 Å². The van der Waals surface area contributed by atoms with Gasteiger partial charge in [0.1, 0.15) is 0 Å². The highest BCUT2D eigenvalue weighted by Gasteiger charge is 2.44. The Morgan fingerprint density at radius 2 is 2.00 bits per heavy atom. The lowest BCUT2D eigenvalue weighted by Crippen LogP contribution is -2.42. The van der Waals surface area contributed by atoms with Crippen LogP contribution in [0.2, 0.25) is 0 Å². The summed E-state index contributed by atoms with van der Waals surface area (Å²) in [6, 6.07) is 11.1. The lowest BCUT2D eigenvalue weighted by molar-refractivity contribution is 0.236. The maximum Gasteiger partial charge on any atom is 0.314 e. The molecule has 2 aliphatic rings. The number of rotatable bonds is 6. The van der Waals surface area contributed by atoms with E-state index in [9.17, 15) is 4.79 Å². The summed E-state index contributed by atoms with van der Waals surface area (Å²) in [5, 5.41) is 6.14. The van der Waals surface area contributed by atoms with Crippen molar-refractivity contribution in [2.24, 2.45) is 5.92 Å². The molecule has 2 fully saturated rings. The Labute approximate surface area is 139 Å². The highest BCUT2D eigenvalue weighted by atomic mass is 16.2. The van der Waals surface area contributed by atoms with E-state index in [1.807, 2.05) is 6.07 Å². The Hall–Kier alpha value is -1.55. The van der Waals surface area contributed by atoms with E-state index in [1.54, 1.807) is 0 Å². The molecule has 23 heavy (non-hydrogen) atoms. The Morgan fingerprint density at radius 1 is 1.26 bits per heavy atom. The number of carbonyl (C=O) groups is 1. The van der Waals surface area contributed by atoms with Crippen molar-refractivity contribution >= 4 is 6.03 Å². The smallest absolute Gasteiger partial charge is 0.314 e. The van der Waals surface area contributed by atoms with Gasteiger partial charge in [-0.2, -0.15) is 0 Å². The van der Waals surface area contributed by atoms with Crippen LogP contribution in [0.15, 0.2) is 30.3 Å². The van der Waals surface area contributed by atoms with Gasteiger partial charge >= 0.3 is 6.03 Å². The summed E-state index contributed by atoms with van der Waals surface area (Å²) in [7, 11) is 0. The molecule has 1 aliphatic heterocycles. The Kier molecular flexibility index (Phi) is 4.90. The molecule has 0 unspecified atom stereocenters. The topological polar surface area (TPSA) is 44.4 Å². The molecule has 1 aromatic rings. The third-order valence-electron chi connectivity index (χ3n) is 5.43. The Morgan fingerprint density at radius 3 is 2.61 bits per heavy atom. The highest BCUT2D eigenvalue weighted by Crippen LogP contribution is 2.47. The molecule has 1 aliphatic carbocycles. The summed E-state index contributed by atoms with van der Waals surface area (Å²) in [4.78, 5) is 14.6. The SMILES string of the molecule is CC(C)N1CC[C@H](CNC(=O)NCC2(c3ccccc3)CC2)C1. The number of amides is 2. The van der Waals surface area contributed by atoms with Crippen LogP contribution in [0.1, 0.15) is 38.7 Å². The number of likely N-dealkylation sites (tertiary alicyclic amines) is 1. The predicted octanol–water partition coefficient (Wildman–Crippen LogP) is 2.75. The quantitative estimate of drug-likeness (QED) is 0.848. The van der Waals surface area contributed by atoms with E-state index in [1.165, 1.54) is 24.8 Å². The maximum absolute atomic E-state index is 12.1. The fraction of sp³-hybridized carbons (Fsp3) is 0.632. The summed E-state index contributed by atoms with van der Waals surface area (Å²) in [5.41, 5.74) is 1.53. The predicted molar refractivity (Wildman–Crippen MR) is 93.6 cm³/mol. The van der Waals surface area contributed by atoms with Crippen LogP contribution in [0, 0.1) is 5.92 Å².